The monoisotopic (exact) mass is 1010 g/mol. The van der Waals surface area contributed by atoms with Crippen LogP contribution in [0.15, 0.2) is 231 Å². The van der Waals surface area contributed by atoms with Crippen molar-refractivity contribution >= 4 is 65.5 Å². The summed E-state index contributed by atoms with van der Waals surface area (Å²) in [5.74, 6) is 4.22. The Hall–Kier alpha value is -10.7. The van der Waals surface area contributed by atoms with E-state index in [2.05, 4.69) is 137 Å². The molecule has 0 aliphatic carbocycles. The molecule has 12 nitrogen and oxygen atoms in total. The number of ether oxygens (including phenoxy) is 2. The first-order valence-corrected chi connectivity index (χ1v) is 25.7. The molecule has 0 unspecified atom stereocenters. The normalized spacial score (nSPS) is 11.7. The van der Waals surface area contributed by atoms with Crippen LogP contribution >= 0.6 is 0 Å². The van der Waals surface area contributed by atoms with Crippen molar-refractivity contribution in [3.63, 3.8) is 0 Å². The van der Waals surface area contributed by atoms with Crippen molar-refractivity contribution < 1.29 is 9.47 Å². The molecule has 0 saturated carbocycles. The van der Waals surface area contributed by atoms with Crippen molar-refractivity contribution in [1.29, 1.82) is 0 Å². The number of aryl methyl sites for hydroxylation is 2. The summed E-state index contributed by atoms with van der Waals surface area (Å²) < 4.78 is 22.4. The zero-order chi connectivity index (χ0) is 51.8. The van der Waals surface area contributed by atoms with E-state index >= 15 is 0 Å². The lowest BCUT2D eigenvalue weighted by Crippen LogP contribution is -2.01. The van der Waals surface area contributed by atoms with Crippen molar-refractivity contribution in [3.05, 3.63) is 243 Å². The summed E-state index contributed by atoms with van der Waals surface area (Å²) in [6.45, 7) is 4.17. The molecule has 78 heavy (non-hydrogen) atoms. The second-order valence-electron chi connectivity index (χ2n) is 19.5. The molecule has 12 heteroatoms. The molecule has 7 heterocycles. The van der Waals surface area contributed by atoms with Crippen LogP contribution in [-0.4, -0.2) is 48.4 Å². The largest absolute Gasteiger partial charge is 0.455 e. The van der Waals surface area contributed by atoms with Gasteiger partial charge in [0.1, 0.15) is 35.1 Å². The first-order chi connectivity index (χ1) is 38.5. The highest BCUT2D eigenvalue weighted by Crippen LogP contribution is 2.41. The standard InChI is InChI=1S/C66H44N10O2/c1-41-27-29-67-65(31-41)74-56-16-8-4-12-48(56)50-23-21-46(35-61(50)74)77-63-33-43(19-25-59(63)73-40-71-52-14-6-10-18-58(52)73)53-38-70-54(39-69-53)44-20-26-60(76-55-15-7-3-11-45(55)37-72-76)64(34-44)78-47-22-24-51-49-13-5-9-17-57(49)75(62(51)36-47)66-32-42(2)28-30-68-66/h3-40H,1-2H3. The number of para-hydroxylation sites is 5. The Kier molecular flexibility index (Phi) is 10.3. The van der Waals surface area contributed by atoms with E-state index in [4.69, 9.17) is 39.5 Å². The van der Waals surface area contributed by atoms with Gasteiger partial charge in [-0.25, -0.2) is 19.6 Å². The maximum atomic E-state index is 7.00. The van der Waals surface area contributed by atoms with Crippen LogP contribution in [0.4, 0.5) is 0 Å². The number of benzene rings is 8. The Morgan fingerprint density at radius 1 is 0.385 bits per heavy atom. The topological polar surface area (TPSA) is 116 Å². The van der Waals surface area contributed by atoms with Gasteiger partial charge in [-0.1, -0.05) is 78.9 Å². The van der Waals surface area contributed by atoms with Crippen LogP contribution in [0.5, 0.6) is 23.0 Å². The molecule has 0 atom stereocenters. The zero-order valence-corrected chi connectivity index (χ0v) is 42.2. The van der Waals surface area contributed by atoms with Crippen LogP contribution < -0.4 is 9.47 Å². The van der Waals surface area contributed by atoms with Gasteiger partial charge in [0.25, 0.3) is 0 Å². The van der Waals surface area contributed by atoms with Crippen molar-refractivity contribution in [2.24, 2.45) is 0 Å². The highest BCUT2D eigenvalue weighted by atomic mass is 16.5. The van der Waals surface area contributed by atoms with Gasteiger partial charge in [0.2, 0.25) is 0 Å². The third-order valence-electron chi connectivity index (χ3n) is 14.6. The van der Waals surface area contributed by atoms with Crippen molar-refractivity contribution in [2.45, 2.75) is 13.8 Å². The average Bonchev–Trinajstić information content (AvgIpc) is 4.47. The molecule has 7 aromatic heterocycles. The van der Waals surface area contributed by atoms with E-state index in [1.165, 1.54) is 0 Å². The summed E-state index contributed by atoms with van der Waals surface area (Å²) in [5, 5.41) is 10.3. The Labute approximate surface area is 446 Å². The van der Waals surface area contributed by atoms with Gasteiger partial charge in [-0.2, -0.15) is 5.10 Å². The second kappa shape index (κ2) is 18.0. The van der Waals surface area contributed by atoms with Gasteiger partial charge in [-0.15, -0.1) is 0 Å². The molecule has 8 aromatic carbocycles. The number of nitrogens with zero attached hydrogens (tertiary/aromatic N) is 10. The highest BCUT2D eigenvalue weighted by molar-refractivity contribution is 6.10. The summed E-state index contributed by atoms with van der Waals surface area (Å²) in [6.07, 6.45) is 11.0. The third-order valence-corrected chi connectivity index (χ3v) is 14.6. The second-order valence-corrected chi connectivity index (χ2v) is 19.5. The van der Waals surface area contributed by atoms with Crippen LogP contribution in [0.2, 0.25) is 0 Å². The Morgan fingerprint density at radius 2 is 0.897 bits per heavy atom. The van der Waals surface area contributed by atoms with Crippen molar-refractivity contribution in [3.8, 4) is 68.5 Å². The average molecular weight is 1010 g/mol. The smallest absolute Gasteiger partial charge is 0.153 e. The minimum absolute atomic E-state index is 0.598. The maximum Gasteiger partial charge on any atom is 0.153 e. The SMILES string of the molecule is Cc1ccnc(-n2c3ccccc3c3ccc(Oc4cc(-c5cnc(-c6ccc(-n7ncc8ccccc87)c(Oc7ccc8c9ccccc9n(-c9cc(C)ccn9)c8c7)c6)cn5)ccc4-n4cnc5ccccc54)cc32)c1. The molecule has 0 N–H and O–H groups in total. The quantitative estimate of drug-likeness (QED) is 0.133. The molecule has 0 saturated heterocycles. The molecule has 0 aliphatic rings. The van der Waals surface area contributed by atoms with Crippen LogP contribution in [-0.2, 0) is 0 Å². The Bertz CT molecular complexity index is 4550. The first-order valence-electron chi connectivity index (χ1n) is 25.7. The van der Waals surface area contributed by atoms with Gasteiger partial charge < -0.3 is 9.47 Å². The first kappa shape index (κ1) is 44.7. The minimum Gasteiger partial charge on any atom is -0.455 e. The van der Waals surface area contributed by atoms with Gasteiger partial charge in [-0.05, 0) is 128 Å². The van der Waals surface area contributed by atoms with E-state index in [1.807, 2.05) is 121 Å². The maximum absolute atomic E-state index is 7.00. The molecule has 15 aromatic rings. The van der Waals surface area contributed by atoms with Gasteiger partial charge in [0.15, 0.2) is 11.5 Å². The van der Waals surface area contributed by atoms with E-state index in [0.29, 0.717) is 34.4 Å². The fourth-order valence-electron chi connectivity index (χ4n) is 10.9. The molecule has 0 amide bonds. The molecule has 0 radical (unpaired) electrons. The molecule has 0 bridgehead atoms. The number of pyridine rings is 2. The van der Waals surface area contributed by atoms with Gasteiger partial charge in [0.05, 0.1) is 74.3 Å². The number of aromatic nitrogens is 10. The van der Waals surface area contributed by atoms with Crippen LogP contribution in [0.1, 0.15) is 11.1 Å². The predicted octanol–water partition coefficient (Wildman–Crippen LogP) is 15.7. The fourth-order valence-corrected chi connectivity index (χ4v) is 10.9. The zero-order valence-electron chi connectivity index (χ0n) is 42.2. The van der Waals surface area contributed by atoms with Crippen LogP contribution in [0.25, 0.3) is 111 Å². The number of hydrogen-bond donors (Lipinski definition) is 0. The summed E-state index contributed by atoms with van der Waals surface area (Å²) in [7, 11) is 0. The molecular weight excluding hydrogens is 965 g/mol. The number of rotatable bonds is 10. The summed E-state index contributed by atoms with van der Waals surface area (Å²) >= 11 is 0. The Morgan fingerprint density at radius 3 is 1.49 bits per heavy atom. The number of imidazole rings is 1. The highest BCUT2D eigenvalue weighted by Gasteiger charge is 2.20. The van der Waals surface area contributed by atoms with Gasteiger partial charge in [-0.3, -0.25) is 23.7 Å². The summed E-state index contributed by atoms with van der Waals surface area (Å²) in [5.41, 5.74) is 13.7. The molecule has 0 fully saturated rings. The summed E-state index contributed by atoms with van der Waals surface area (Å²) in [4.78, 5) is 24.4. The third kappa shape index (κ3) is 7.53. The van der Waals surface area contributed by atoms with Crippen molar-refractivity contribution in [1.82, 2.24) is 48.4 Å². The predicted molar refractivity (Wildman–Crippen MR) is 309 cm³/mol. The lowest BCUT2D eigenvalue weighted by atomic mass is 10.1. The summed E-state index contributed by atoms with van der Waals surface area (Å²) in [6, 6.07) is 66.0. The fraction of sp³-hybridized carbons (Fsp3) is 0.0303. The van der Waals surface area contributed by atoms with Crippen molar-refractivity contribution in [2.75, 3.05) is 0 Å². The van der Waals surface area contributed by atoms with E-state index < -0.39 is 0 Å². The van der Waals surface area contributed by atoms with E-state index in [0.717, 1.165) is 111 Å². The molecule has 15 rings (SSSR count). The lowest BCUT2D eigenvalue weighted by molar-refractivity contribution is 0.479. The molecule has 370 valence electrons. The van der Waals surface area contributed by atoms with Crippen LogP contribution in [0, 0.1) is 13.8 Å². The Balaban J connectivity index is 0.813. The van der Waals surface area contributed by atoms with Gasteiger partial charge in [0, 0.05) is 62.6 Å². The lowest BCUT2D eigenvalue weighted by Gasteiger charge is -2.16. The molecule has 0 aliphatic heterocycles. The van der Waals surface area contributed by atoms with Gasteiger partial charge >= 0.3 is 0 Å². The number of fused-ring (bicyclic) bond motifs is 8. The van der Waals surface area contributed by atoms with Crippen LogP contribution in [0.3, 0.4) is 0 Å². The van der Waals surface area contributed by atoms with E-state index in [1.54, 1.807) is 6.20 Å². The molecule has 0 spiro atoms. The van der Waals surface area contributed by atoms with E-state index in [-0.39, 0.29) is 0 Å². The number of hydrogen-bond acceptors (Lipinski definition) is 8. The minimum atomic E-state index is 0.598. The van der Waals surface area contributed by atoms with E-state index in [9.17, 15) is 0 Å². The molecular formula is C66H44N10O2.